The monoisotopic (exact) mass is 277 g/mol. The van der Waals surface area contributed by atoms with Crippen molar-refractivity contribution in [3.05, 3.63) is 42.0 Å². The van der Waals surface area contributed by atoms with Crippen LogP contribution in [0.1, 0.15) is 36.7 Å². The molecule has 2 N–H and O–H groups in total. The summed E-state index contributed by atoms with van der Waals surface area (Å²) in [6.07, 6.45) is 0.733. The van der Waals surface area contributed by atoms with E-state index in [-0.39, 0.29) is 23.3 Å². The molecule has 1 rings (SSSR count). The third-order valence-corrected chi connectivity index (χ3v) is 2.66. The van der Waals surface area contributed by atoms with Gasteiger partial charge in [0, 0.05) is 0 Å². The molecule has 1 aromatic carbocycles. The van der Waals surface area contributed by atoms with Gasteiger partial charge in [0.25, 0.3) is 0 Å². The smallest absolute Gasteiger partial charge is 0.411 e. The second kappa shape index (κ2) is 6.23. The van der Waals surface area contributed by atoms with E-state index < -0.39 is 12.1 Å². The number of hydrogen-bond donors (Lipinski definition) is 2. The Morgan fingerprint density at radius 2 is 2.05 bits per heavy atom. The van der Waals surface area contributed by atoms with Gasteiger partial charge in [-0.3, -0.25) is 5.32 Å². The van der Waals surface area contributed by atoms with Crippen molar-refractivity contribution in [3.63, 3.8) is 0 Å². The van der Waals surface area contributed by atoms with Gasteiger partial charge in [0.1, 0.15) is 6.61 Å². The molecule has 0 aliphatic heterocycles. The Balaban J connectivity index is 3.22. The van der Waals surface area contributed by atoms with Crippen molar-refractivity contribution in [2.75, 3.05) is 11.9 Å². The number of aromatic carboxylic acids is 1. The highest BCUT2D eigenvalue weighted by Gasteiger charge is 2.24. The third kappa shape index (κ3) is 3.85. The summed E-state index contributed by atoms with van der Waals surface area (Å²) in [4.78, 5) is 22.9. The maximum atomic E-state index is 11.7. The predicted molar refractivity (Wildman–Crippen MR) is 77.3 cm³/mol. The van der Waals surface area contributed by atoms with Gasteiger partial charge in [-0.05, 0) is 17.0 Å². The molecule has 0 fully saturated rings. The first-order valence-corrected chi connectivity index (χ1v) is 6.19. The molecule has 5 heteroatoms. The summed E-state index contributed by atoms with van der Waals surface area (Å²) in [7, 11) is 0. The van der Waals surface area contributed by atoms with E-state index in [0.29, 0.717) is 0 Å². The average Bonchev–Trinajstić information content (AvgIpc) is 2.35. The number of rotatable bonds is 4. The van der Waals surface area contributed by atoms with Crippen LogP contribution in [0.5, 0.6) is 0 Å². The lowest BCUT2D eigenvalue weighted by atomic mass is 9.84. The molecular weight excluding hydrogens is 258 g/mol. The zero-order valence-corrected chi connectivity index (χ0v) is 11.9. The Labute approximate surface area is 118 Å². The lowest BCUT2D eigenvalue weighted by Gasteiger charge is -2.24. The van der Waals surface area contributed by atoms with Crippen LogP contribution >= 0.6 is 0 Å². The number of hydrogen-bond acceptors (Lipinski definition) is 3. The predicted octanol–water partition coefficient (Wildman–Crippen LogP) is 3.42. The summed E-state index contributed by atoms with van der Waals surface area (Å²) in [5.74, 6) is -1.10. The highest BCUT2D eigenvalue weighted by molar-refractivity contribution is 6.00. The molecule has 0 saturated heterocycles. The zero-order valence-electron chi connectivity index (χ0n) is 11.9. The van der Waals surface area contributed by atoms with Crippen LogP contribution in [0.25, 0.3) is 0 Å². The van der Waals surface area contributed by atoms with Crippen LogP contribution in [0.2, 0.25) is 0 Å². The number of carbonyl (C=O) groups excluding carboxylic acids is 1. The van der Waals surface area contributed by atoms with Crippen molar-refractivity contribution >= 4 is 17.7 Å². The van der Waals surface area contributed by atoms with Crippen molar-refractivity contribution in [2.24, 2.45) is 0 Å². The fraction of sp³-hybridized carbons (Fsp3) is 0.333. The highest BCUT2D eigenvalue weighted by Crippen LogP contribution is 2.32. The standard InChI is InChI=1S/C15H19NO4/c1-5-9-20-14(19)16-12-10(13(17)18)7-6-8-11(12)15(2,3)4/h5-8H,1,9H2,2-4H3,(H,16,19)(H,17,18). The van der Waals surface area contributed by atoms with E-state index >= 15 is 0 Å². The van der Waals surface area contributed by atoms with Crippen molar-refractivity contribution in [1.82, 2.24) is 0 Å². The molecule has 1 aromatic rings. The largest absolute Gasteiger partial charge is 0.478 e. The number of carbonyl (C=O) groups is 2. The topological polar surface area (TPSA) is 75.6 Å². The van der Waals surface area contributed by atoms with E-state index in [1.165, 1.54) is 12.1 Å². The second-order valence-electron chi connectivity index (χ2n) is 5.30. The maximum absolute atomic E-state index is 11.7. The number of anilines is 1. The number of benzene rings is 1. The van der Waals surface area contributed by atoms with E-state index in [0.717, 1.165) is 5.56 Å². The molecule has 0 aliphatic carbocycles. The van der Waals surface area contributed by atoms with E-state index in [1.807, 2.05) is 20.8 Å². The lowest BCUT2D eigenvalue weighted by molar-refractivity contribution is 0.0698. The summed E-state index contributed by atoms with van der Waals surface area (Å²) in [5.41, 5.74) is 0.717. The second-order valence-corrected chi connectivity index (χ2v) is 5.30. The van der Waals surface area contributed by atoms with Gasteiger partial charge >= 0.3 is 12.1 Å². The summed E-state index contributed by atoms with van der Waals surface area (Å²) in [5, 5.41) is 11.7. The number of para-hydroxylation sites is 1. The Morgan fingerprint density at radius 1 is 1.40 bits per heavy atom. The lowest BCUT2D eigenvalue weighted by Crippen LogP contribution is -2.22. The molecule has 0 bridgehead atoms. The minimum absolute atomic E-state index is 0.0352. The SMILES string of the molecule is C=CCOC(=O)Nc1c(C(=O)O)cccc1C(C)(C)C. The molecule has 0 saturated carbocycles. The maximum Gasteiger partial charge on any atom is 0.411 e. The fourth-order valence-electron chi connectivity index (χ4n) is 1.76. The molecule has 0 heterocycles. The van der Waals surface area contributed by atoms with Crippen molar-refractivity contribution in [1.29, 1.82) is 0 Å². The normalized spacial score (nSPS) is 10.8. The molecule has 0 spiro atoms. The Kier molecular flexibility index (Phi) is 4.91. The van der Waals surface area contributed by atoms with Gasteiger partial charge in [0.15, 0.2) is 0 Å². The van der Waals surface area contributed by atoms with Gasteiger partial charge in [0.05, 0.1) is 11.3 Å². The molecular formula is C15H19NO4. The zero-order chi connectivity index (χ0) is 15.3. The Hall–Kier alpha value is -2.30. The van der Waals surface area contributed by atoms with Crippen LogP contribution in [-0.2, 0) is 10.2 Å². The molecule has 5 nitrogen and oxygen atoms in total. The van der Waals surface area contributed by atoms with Crippen LogP contribution in [-0.4, -0.2) is 23.8 Å². The molecule has 0 radical (unpaired) electrons. The third-order valence-electron chi connectivity index (χ3n) is 2.66. The molecule has 0 aliphatic rings. The highest BCUT2D eigenvalue weighted by atomic mass is 16.5. The van der Waals surface area contributed by atoms with Gasteiger partial charge in [-0.1, -0.05) is 45.6 Å². The van der Waals surface area contributed by atoms with E-state index in [1.54, 1.807) is 12.1 Å². The van der Waals surface area contributed by atoms with Crippen LogP contribution < -0.4 is 5.32 Å². The summed E-state index contributed by atoms with van der Waals surface area (Å²) >= 11 is 0. The molecule has 20 heavy (non-hydrogen) atoms. The Morgan fingerprint density at radius 3 is 2.55 bits per heavy atom. The molecule has 0 aromatic heterocycles. The van der Waals surface area contributed by atoms with Gasteiger partial charge in [-0.2, -0.15) is 0 Å². The van der Waals surface area contributed by atoms with Crippen LogP contribution in [0.4, 0.5) is 10.5 Å². The number of nitrogens with one attached hydrogen (secondary N) is 1. The summed E-state index contributed by atoms with van der Waals surface area (Å²) in [6, 6.07) is 4.89. The first-order chi connectivity index (χ1) is 9.27. The summed E-state index contributed by atoms with van der Waals surface area (Å²) in [6.45, 7) is 9.32. The first-order valence-electron chi connectivity index (χ1n) is 6.19. The minimum Gasteiger partial charge on any atom is -0.478 e. The molecule has 0 unspecified atom stereocenters. The minimum atomic E-state index is -1.10. The van der Waals surface area contributed by atoms with Gasteiger partial charge in [0.2, 0.25) is 0 Å². The number of carboxylic acids is 1. The van der Waals surface area contributed by atoms with Crippen LogP contribution in [0, 0.1) is 0 Å². The molecule has 0 atom stereocenters. The van der Waals surface area contributed by atoms with Gasteiger partial charge < -0.3 is 9.84 Å². The average molecular weight is 277 g/mol. The Bertz CT molecular complexity index is 529. The van der Waals surface area contributed by atoms with Crippen LogP contribution in [0.15, 0.2) is 30.9 Å². The quantitative estimate of drug-likeness (QED) is 0.827. The van der Waals surface area contributed by atoms with Crippen LogP contribution in [0.3, 0.4) is 0 Å². The first kappa shape index (κ1) is 15.8. The molecule has 108 valence electrons. The van der Waals surface area contributed by atoms with Crippen molar-refractivity contribution in [2.45, 2.75) is 26.2 Å². The van der Waals surface area contributed by atoms with Crippen molar-refractivity contribution in [3.8, 4) is 0 Å². The number of amides is 1. The van der Waals surface area contributed by atoms with E-state index in [2.05, 4.69) is 11.9 Å². The summed E-state index contributed by atoms with van der Waals surface area (Å²) < 4.78 is 4.84. The van der Waals surface area contributed by atoms with Gasteiger partial charge in [-0.15, -0.1) is 0 Å². The number of ether oxygens (including phenoxy) is 1. The number of carboxylic acid groups (broad SMARTS) is 1. The van der Waals surface area contributed by atoms with Gasteiger partial charge in [-0.25, -0.2) is 9.59 Å². The van der Waals surface area contributed by atoms with Crippen molar-refractivity contribution < 1.29 is 19.4 Å². The van der Waals surface area contributed by atoms with E-state index in [4.69, 9.17) is 4.74 Å². The fourth-order valence-corrected chi connectivity index (χ4v) is 1.76. The molecule has 1 amide bonds. The van der Waals surface area contributed by atoms with E-state index in [9.17, 15) is 14.7 Å².